The zero-order valence-electron chi connectivity index (χ0n) is 8.66. The Kier molecular flexibility index (Phi) is 3.47. The molecule has 1 aliphatic heterocycles. The predicted molar refractivity (Wildman–Crippen MR) is 51.6 cm³/mol. The molecule has 0 radical (unpaired) electrons. The molecule has 1 amide bonds. The quantitative estimate of drug-likeness (QED) is 0.622. The molecule has 0 aromatic heterocycles. The third-order valence-electron chi connectivity index (χ3n) is 2.31. The molecule has 0 aromatic carbocycles. The average molecular weight is 202 g/mol. The Bertz CT molecular complexity index is 214. The molecular weight excluding hydrogens is 184 g/mol. The fraction of sp³-hybridized carbons (Fsp3) is 0.889. The van der Waals surface area contributed by atoms with Gasteiger partial charge in [-0.25, -0.2) is 0 Å². The molecule has 2 atom stereocenters. The first-order valence-electron chi connectivity index (χ1n) is 4.74. The Morgan fingerprint density at radius 2 is 2.29 bits per heavy atom. The summed E-state index contributed by atoms with van der Waals surface area (Å²) in [5, 5.41) is 0. The van der Waals surface area contributed by atoms with Crippen LogP contribution in [0.3, 0.4) is 0 Å². The van der Waals surface area contributed by atoms with Crippen LogP contribution < -0.4 is 11.5 Å². The standard InChI is InChI=1S/C9H18N2O3/c1-6(14-7-4-13-5-7)3-9(2,11)8(10)12/h6-7H,3-5,11H2,1-2H3,(H2,10,12). The van der Waals surface area contributed by atoms with Crippen LogP contribution in [-0.2, 0) is 14.3 Å². The van der Waals surface area contributed by atoms with Gasteiger partial charge in [0.2, 0.25) is 5.91 Å². The van der Waals surface area contributed by atoms with Crippen molar-refractivity contribution in [3.05, 3.63) is 0 Å². The van der Waals surface area contributed by atoms with E-state index < -0.39 is 11.4 Å². The van der Waals surface area contributed by atoms with Crippen LogP contribution in [0.15, 0.2) is 0 Å². The van der Waals surface area contributed by atoms with Gasteiger partial charge in [0.15, 0.2) is 0 Å². The maximum atomic E-state index is 10.9. The van der Waals surface area contributed by atoms with E-state index in [0.717, 1.165) is 0 Å². The lowest BCUT2D eigenvalue weighted by Crippen LogP contribution is -2.52. The van der Waals surface area contributed by atoms with Crippen molar-refractivity contribution in [3.63, 3.8) is 0 Å². The predicted octanol–water partition coefficient (Wildman–Crippen LogP) is -0.617. The highest BCUT2D eigenvalue weighted by atomic mass is 16.6. The summed E-state index contributed by atoms with van der Waals surface area (Å²) in [6, 6.07) is 0. The highest BCUT2D eigenvalue weighted by Crippen LogP contribution is 2.15. The minimum absolute atomic E-state index is 0.0774. The summed E-state index contributed by atoms with van der Waals surface area (Å²) in [4.78, 5) is 10.9. The van der Waals surface area contributed by atoms with Gasteiger partial charge in [-0.2, -0.15) is 0 Å². The minimum atomic E-state index is -0.996. The molecule has 1 fully saturated rings. The maximum absolute atomic E-state index is 10.9. The molecule has 2 unspecified atom stereocenters. The Balaban J connectivity index is 2.30. The number of carbonyl (C=O) groups excluding carboxylic acids is 1. The average Bonchev–Trinajstić information content (AvgIpc) is 1.96. The van der Waals surface area contributed by atoms with Gasteiger partial charge < -0.3 is 20.9 Å². The number of hydrogen-bond acceptors (Lipinski definition) is 4. The van der Waals surface area contributed by atoms with Crippen molar-refractivity contribution in [1.82, 2.24) is 0 Å². The third-order valence-corrected chi connectivity index (χ3v) is 2.31. The van der Waals surface area contributed by atoms with Crippen LogP contribution in [-0.4, -0.2) is 36.9 Å². The normalized spacial score (nSPS) is 23.6. The highest BCUT2D eigenvalue weighted by Gasteiger charge is 2.30. The fourth-order valence-corrected chi connectivity index (χ4v) is 1.37. The Morgan fingerprint density at radius 3 is 2.64 bits per heavy atom. The maximum Gasteiger partial charge on any atom is 0.237 e. The van der Waals surface area contributed by atoms with Crippen LogP contribution in [0.4, 0.5) is 0 Å². The number of nitrogens with two attached hydrogens (primary N) is 2. The van der Waals surface area contributed by atoms with Crippen LogP contribution in [0, 0.1) is 0 Å². The van der Waals surface area contributed by atoms with Crippen LogP contribution >= 0.6 is 0 Å². The molecule has 0 aliphatic carbocycles. The van der Waals surface area contributed by atoms with E-state index in [2.05, 4.69) is 0 Å². The van der Waals surface area contributed by atoms with Gasteiger partial charge in [-0.15, -0.1) is 0 Å². The van der Waals surface area contributed by atoms with Crippen molar-refractivity contribution in [3.8, 4) is 0 Å². The van der Waals surface area contributed by atoms with E-state index in [9.17, 15) is 4.79 Å². The number of amides is 1. The van der Waals surface area contributed by atoms with Gasteiger partial charge in [0, 0.05) is 0 Å². The van der Waals surface area contributed by atoms with E-state index in [1.807, 2.05) is 6.92 Å². The molecule has 0 saturated carbocycles. The molecule has 1 rings (SSSR count). The van der Waals surface area contributed by atoms with Crippen molar-refractivity contribution >= 4 is 5.91 Å². The molecule has 14 heavy (non-hydrogen) atoms. The van der Waals surface area contributed by atoms with Crippen molar-refractivity contribution in [2.75, 3.05) is 13.2 Å². The lowest BCUT2D eigenvalue weighted by molar-refractivity contribution is -0.156. The SMILES string of the molecule is CC(CC(C)(N)C(N)=O)OC1COC1. The monoisotopic (exact) mass is 202 g/mol. The zero-order chi connectivity index (χ0) is 10.8. The molecule has 0 bridgehead atoms. The van der Waals surface area contributed by atoms with E-state index in [1.165, 1.54) is 0 Å². The summed E-state index contributed by atoms with van der Waals surface area (Å²) in [6.45, 7) is 4.75. The number of ether oxygens (including phenoxy) is 2. The summed E-state index contributed by atoms with van der Waals surface area (Å²) in [5.74, 6) is -0.502. The lowest BCUT2D eigenvalue weighted by Gasteiger charge is -2.31. The van der Waals surface area contributed by atoms with Gasteiger partial charge in [0.1, 0.15) is 6.10 Å². The Morgan fingerprint density at radius 1 is 1.71 bits per heavy atom. The van der Waals surface area contributed by atoms with E-state index >= 15 is 0 Å². The Hall–Kier alpha value is -0.650. The number of carbonyl (C=O) groups is 1. The lowest BCUT2D eigenvalue weighted by atomic mass is 9.95. The number of rotatable bonds is 5. The van der Waals surface area contributed by atoms with E-state index in [0.29, 0.717) is 19.6 Å². The van der Waals surface area contributed by atoms with Crippen molar-refractivity contribution in [2.24, 2.45) is 11.5 Å². The molecule has 5 nitrogen and oxygen atoms in total. The summed E-state index contributed by atoms with van der Waals surface area (Å²) in [7, 11) is 0. The van der Waals surface area contributed by atoms with Gasteiger partial charge in [-0.05, 0) is 20.3 Å². The van der Waals surface area contributed by atoms with E-state index in [1.54, 1.807) is 6.92 Å². The molecule has 4 N–H and O–H groups in total. The molecule has 5 heteroatoms. The molecule has 0 spiro atoms. The van der Waals surface area contributed by atoms with Crippen LogP contribution in [0.1, 0.15) is 20.3 Å². The largest absolute Gasteiger partial charge is 0.376 e. The number of primary amides is 1. The van der Waals surface area contributed by atoms with Gasteiger partial charge in [0.25, 0.3) is 0 Å². The second-order valence-corrected chi connectivity index (χ2v) is 4.09. The fourth-order valence-electron chi connectivity index (χ4n) is 1.37. The molecule has 1 aliphatic rings. The minimum Gasteiger partial charge on any atom is -0.376 e. The third kappa shape index (κ3) is 2.94. The van der Waals surface area contributed by atoms with Crippen molar-refractivity contribution in [2.45, 2.75) is 38.0 Å². The van der Waals surface area contributed by atoms with Gasteiger partial charge in [0.05, 0.1) is 24.9 Å². The first-order valence-corrected chi connectivity index (χ1v) is 4.74. The first kappa shape index (κ1) is 11.4. The zero-order valence-corrected chi connectivity index (χ0v) is 8.66. The smallest absolute Gasteiger partial charge is 0.237 e. The van der Waals surface area contributed by atoms with E-state index in [-0.39, 0.29) is 12.2 Å². The second-order valence-electron chi connectivity index (χ2n) is 4.09. The Labute approximate surface area is 83.7 Å². The van der Waals surface area contributed by atoms with Crippen molar-refractivity contribution in [1.29, 1.82) is 0 Å². The molecule has 82 valence electrons. The molecule has 0 aromatic rings. The highest BCUT2D eigenvalue weighted by molar-refractivity contribution is 5.83. The molecular formula is C9H18N2O3. The topological polar surface area (TPSA) is 87.6 Å². The van der Waals surface area contributed by atoms with Crippen LogP contribution in [0.25, 0.3) is 0 Å². The van der Waals surface area contributed by atoms with E-state index in [4.69, 9.17) is 20.9 Å². The number of hydrogen-bond donors (Lipinski definition) is 2. The van der Waals surface area contributed by atoms with Crippen LogP contribution in [0.5, 0.6) is 0 Å². The summed E-state index contributed by atoms with van der Waals surface area (Å²) in [5.41, 5.74) is 9.87. The van der Waals surface area contributed by atoms with Gasteiger partial charge in [-0.3, -0.25) is 4.79 Å². The summed E-state index contributed by atoms with van der Waals surface area (Å²) >= 11 is 0. The van der Waals surface area contributed by atoms with Gasteiger partial charge >= 0.3 is 0 Å². The summed E-state index contributed by atoms with van der Waals surface area (Å²) in [6.07, 6.45) is 0.499. The molecule has 1 heterocycles. The van der Waals surface area contributed by atoms with Crippen molar-refractivity contribution < 1.29 is 14.3 Å². The summed E-state index contributed by atoms with van der Waals surface area (Å²) < 4.78 is 10.5. The van der Waals surface area contributed by atoms with Gasteiger partial charge in [-0.1, -0.05) is 0 Å². The second kappa shape index (κ2) is 4.25. The van der Waals surface area contributed by atoms with Crippen LogP contribution in [0.2, 0.25) is 0 Å². The first-order chi connectivity index (χ1) is 6.42. The molecule has 1 saturated heterocycles.